The maximum absolute atomic E-state index is 12.2. The van der Waals surface area contributed by atoms with E-state index in [0.29, 0.717) is 28.6 Å². The van der Waals surface area contributed by atoms with Gasteiger partial charge < -0.3 is 20.5 Å². The number of hydrogen-bond donors (Lipinski definition) is 3. The van der Waals surface area contributed by atoms with Crippen LogP contribution in [0.3, 0.4) is 0 Å². The number of hydrogen-bond acceptors (Lipinski definition) is 4. The van der Waals surface area contributed by atoms with E-state index >= 15 is 0 Å². The number of aliphatic hydroxyl groups excluding tert-OH is 1. The molecule has 2 amide bonds. The molecular weight excluding hydrogens is 403 g/mol. The minimum Gasteiger partial charge on any atom is -0.394 e. The maximum Gasteiger partial charge on any atom is 0.251 e. The van der Waals surface area contributed by atoms with Gasteiger partial charge in [-0.1, -0.05) is 29.6 Å². The van der Waals surface area contributed by atoms with E-state index < -0.39 is 6.10 Å². The van der Waals surface area contributed by atoms with Gasteiger partial charge in [0.25, 0.3) is 5.91 Å². The number of halogens is 2. The number of ether oxygens (including phenoxy) is 1. The first-order valence-corrected chi connectivity index (χ1v) is 10.5. The van der Waals surface area contributed by atoms with Gasteiger partial charge in [-0.25, -0.2) is 0 Å². The minimum absolute atomic E-state index is 0.0720. The van der Waals surface area contributed by atoms with Crippen molar-refractivity contribution in [2.75, 3.05) is 13.2 Å². The molecule has 0 bridgehead atoms. The lowest BCUT2D eigenvalue weighted by molar-refractivity contribution is -0.134. The van der Waals surface area contributed by atoms with Gasteiger partial charge in [-0.3, -0.25) is 9.59 Å². The molecule has 3 N–H and O–H groups in total. The predicted molar refractivity (Wildman–Crippen MR) is 108 cm³/mol. The molecule has 1 aromatic rings. The highest BCUT2D eigenvalue weighted by Gasteiger charge is 2.34. The van der Waals surface area contributed by atoms with Gasteiger partial charge in [0.1, 0.15) is 6.10 Å². The fourth-order valence-electron chi connectivity index (χ4n) is 3.61. The molecule has 3 atom stereocenters. The fraction of sp³-hybridized carbons (Fsp3) is 0.600. The summed E-state index contributed by atoms with van der Waals surface area (Å²) in [4.78, 5) is 24.4. The Hall–Kier alpha value is -1.34. The highest BCUT2D eigenvalue weighted by atomic mass is 35.5. The lowest BCUT2D eigenvalue weighted by Crippen LogP contribution is -2.53. The molecule has 1 heterocycles. The summed E-state index contributed by atoms with van der Waals surface area (Å²) in [6.45, 7) is 0.296. The number of carbonyl (C=O) groups excluding carboxylic acids is 2. The van der Waals surface area contributed by atoms with Crippen molar-refractivity contribution in [1.29, 1.82) is 0 Å². The molecule has 8 heteroatoms. The van der Waals surface area contributed by atoms with Gasteiger partial charge in [-0.05, 0) is 50.3 Å². The van der Waals surface area contributed by atoms with Crippen LogP contribution < -0.4 is 10.6 Å². The second kappa shape index (κ2) is 9.92. The summed E-state index contributed by atoms with van der Waals surface area (Å²) in [5.41, 5.74) is 0.411. The first-order chi connectivity index (χ1) is 13.5. The van der Waals surface area contributed by atoms with Crippen LogP contribution in [-0.2, 0) is 9.53 Å². The Bertz CT molecular complexity index is 691. The Morgan fingerprint density at radius 1 is 1.11 bits per heavy atom. The Morgan fingerprint density at radius 3 is 2.43 bits per heavy atom. The first kappa shape index (κ1) is 21.4. The lowest BCUT2D eigenvalue weighted by Gasteiger charge is -2.37. The second-order valence-electron chi connectivity index (χ2n) is 7.50. The Balaban J connectivity index is 1.43. The third-order valence-corrected chi connectivity index (χ3v) is 5.91. The molecule has 1 saturated heterocycles. The van der Waals surface area contributed by atoms with Crippen LogP contribution in [0.5, 0.6) is 0 Å². The van der Waals surface area contributed by atoms with Crippen molar-refractivity contribution in [3.63, 3.8) is 0 Å². The van der Waals surface area contributed by atoms with E-state index in [1.807, 2.05) is 0 Å². The third-order valence-electron chi connectivity index (χ3n) is 5.48. The fourth-order valence-corrected chi connectivity index (χ4v) is 4.14. The zero-order chi connectivity index (χ0) is 20.1. The van der Waals surface area contributed by atoms with E-state index in [-0.39, 0.29) is 36.5 Å². The molecule has 1 aliphatic heterocycles. The van der Waals surface area contributed by atoms with E-state index in [0.717, 1.165) is 32.1 Å². The number of rotatable bonds is 7. The van der Waals surface area contributed by atoms with Crippen LogP contribution in [0, 0.1) is 5.92 Å². The first-order valence-electron chi connectivity index (χ1n) is 9.77. The second-order valence-corrected chi connectivity index (χ2v) is 8.37. The predicted octanol–water partition coefficient (Wildman–Crippen LogP) is 2.94. The average Bonchev–Trinajstić information content (AvgIpc) is 2.60. The van der Waals surface area contributed by atoms with Gasteiger partial charge in [0, 0.05) is 28.1 Å². The monoisotopic (exact) mass is 428 g/mol. The largest absolute Gasteiger partial charge is 0.394 e. The van der Waals surface area contributed by atoms with E-state index in [2.05, 4.69) is 10.6 Å². The zero-order valence-corrected chi connectivity index (χ0v) is 17.1. The third kappa shape index (κ3) is 5.60. The van der Waals surface area contributed by atoms with E-state index in [1.165, 1.54) is 0 Å². The molecule has 0 aromatic heterocycles. The number of amides is 2. The lowest BCUT2D eigenvalue weighted by atomic mass is 9.84. The molecule has 6 nitrogen and oxygen atoms in total. The van der Waals surface area contributed by atoms with Gasteiger partial charge in [-0.15, -0.1) is 0 Å². The van der Waals surface area contributed by atoms with Crippen LogP contribution in [0.25, 0.3) is 0 Å². The topological polar surface area (TPSA) is 87.7 Å². The van der Waals surface area contributed by atoms with Crippen LogP contribution >= 0.6 is 23.2 Å². The summed E-state index contributed by atoms with van der Waals surface area (Å²) >= 11 is 11.9. The van der Waals surface area contributed by atoms with E-state index in [1.54, 1.807) is 18.2 Å². The summed E-state index contributed by atoms with van der Waals surface area (Å²) in [5.74, 6) is -0.0546. The van der Waals surface area contributed by atoms with Crippen molar-refractivity contribution in [3.8, 4) is 0 Å². The molecule has 0 unspecified atom stereocenters. The van der Waals surface area contributed by atoms with Gasteiger partial charge >= 0.3 is 0 Å². The number of aliphatic hydroxyl groups is 1. The Morgan fingerprint density at radius 2 is 1.82 bits per heavy atom. The summed E-state index contributed by atoms with van der Waals surface area (Å²) < 4.78 is 5.95. The van der Waals surface area contributed by atoms with Crippen molar-refractivity contribution >= 4 is 35.0 Å². The summed E-state index contributed by atoms with van der Waals surface area (Å²) in [6, 6.07) is 4.55. The van der Waals surface area contributed by atoms with Crippen molar-refractivity contribution in [2.45, 2.75) is 56.8 Å². The molecule has 2 aliphatic rings. The minimum atomic E-state index is -0.412. The van der Waals surface area contributed by atoms with Crippen LogP contribution in [0.15, 0.2) is 18.2 Å². The number of carbonyl (C=O) groups is 2. The van der Waals surface area contributed by atoms with E-state index in [9.17, 15) is 14.7 Å². The van der Waals surface area contributed by atoms with Crippen molar-refractivity contribution in [1.82, 2.24) is 10.6 Å². The van der Waals surface area contributed by atoms with Crippen LogP contribution in [0.1, 0.15) is 48.9 Å². The SMILES string of the molecule is O=C(NCC[C@H]1CC[C@@H](NC(=O)C2CCC2)[C@@H](CO)O1)c1cc(Cl)cc(Cl)c1. The Labute approximate surface area is 174 Å². The quantitative estimate of drug-likeness (QED) is 0.622. The van der Waals surface area contributed by atoms with Crippen molar-refractivity contribution in [2.24, 2.45) is 5.92 Å². The van der Waals surface area contributed by atoms with Gasteiger partial charge in [0.15, 0.2) is 0 Å². The summed E-state index contributed by atoms with van der Waals surface area (Å²) in [6.07, 6.45) is 4.67. The summed E-state index contributed by atoms with van der Waals surface area (Å²) in [5, 5.41) is 16.3. The number of benzene rings is 1. The molecule has 28 heavy (non-hydrogen) atoms. The van der Waals surface area contributed by atoms with Gasteiger partial charge in [-0.2, -0.15) is 0 Å². The standard InChI is InChI=1S/C20H26Cl2N2O4/c21-14-8-13(9-15(22)10-14)19(26)23-7-6-16-4-5-17(18(11-25)28-16)24-20(27)12-2-1-3-12/h8-10,12,16-18,25H,1-7,11H2,(H,23,26)(H,24,27)/t16-,17-,18-/m1/s1. The van der Waals surface area contributed by atoms with Crippen LogP contribution in [0.2, 0.25) is 10.0 Å². The molecule has 3 rings (SSSR count). The molecule has 1 aromatic carbocycles. The highest BCUT2D eigenvalue weighted by molar-refractivity contribution is 6.35. The van der Waals surface area contributed by atoms with Gasteiger partial charge in [0.05, 0.1) is 18.8 Å². The Kier molecular flexibility index (Phi) is 7.57. The van der Waals surface area contributed by atoms with Gasteiger partial charge in [0.2, 0.25) is 5.91 Å². The molecule has 0 spiro atoms. The molecule has 1 saturated carbocycles. The van der Waals surface area contributed by atoms with Crippen LogP contribution in [0.4, 0.5) is 0 Å². The molecular formula is C20H26Cl2N2O4. The normalized spacial score (nSPS) is 25.0. The number of nitrogens with one attached hydrogen (secondary N) is 2. The van der Waals surface area contributed by atoms with Crippen LogP contribution in [-0.4, -0.2) is 48.3 Å². The molecule has 0 radical (unpaired) electrons. The molecule has 2 fully saturated rings. The molecule has 1 aliphatic carbocycles. The van der Waals surface area contributed by atoms with Crippen molar-refractivity contribution < 1.29 is 19.4 Å². The van der Waals surface area contributed by atoms with E-state index in [4.69, 9.17) is 27.9 Å². The smallest absolute Gasteiger partial charge is 0.251 e. The summed E-state index contributed by atoms with van der Waals surface area (Å²) in [7, 11) is 0. The highest BCUT2D eigenvalue weighted by Crippen LogP contribution is 2.28. The van der Waals surface area contributed by atoms with Crippen molar-refractivity contribution in [3.05, 3.63) is 33.8 Å². The maximum atomic E-state index is 12.2. The zero-order valence-electron chi connectivity index (χ0n) is 15.6. The average molecular weight is 429 g/mol. The molecule has 154 valence electrons.